The van der Waals surface area contributed by atoms with E-state index in [-0.39, 0.29) is 24.9 Å². The van der Waals surface area contributed by atoms with Gasteiger partial charge in [0.25, 0.3) is 5.91 Å². The summed E-state index contributed by atoms with van der Waals surface area (Å²) in [7, 11) is 3.70. The summed E-state index contributed by atoms with van der Waals surface area (Å²) in [4.78, 5) is 51.4. The van der Waals surface area contributed by atoms with Crippen molar-refractivity contribution in [1.82, 2.24) is 34.2 Å². The predicted molar refractivity (Wildman–Crippen MR) is 163 cm³/mol. The number of fused-ring (bicyclic) bond motifs is 2. The number of nitrogens with zero attached hydrogens (tertiary/aromatic N) is 6. The maximum Gasteiger partial charge on any atom is 0.410 e. The molecule has 1 aromatic carbocycles. The van der Waals surface area contributed by atoms with Crippen LogP contribution in [0.1, 0.15) is 50.9 Å². The Kier molecular flexibility index (Phi) is 7.14. The lowest BCUT2D eigenvalue weighted by atomic mass is 10.1. The highest BCUT2D eigenvalue weighted by molar-refractivity contribution is 5.98. The summed E-state index contributed by atoms with van der Waals surface area (Å²) in [6.07, 6.45) is 3.81. The van der Waals surface area contributed by atoms with Gasteiger partial charge in [0.2, 0.25) is 5.91 Å². The molecule has 3 aromatic heterocycles. The smallest absolute Gasteiger partial charge is 0.410 e. The number of amides is 3. The zero-order valence-electron chi connectivity index (χ0n) is 25.6. The molecule has 0 spiro atoms. The number of aryl methyl sites for hydroxylation is 1. The van der Waals surface area contributed by atoms with Gasteiger partial charge >= 0.3 is 6.09 Å². The molecule has 4 aromatic rings. The molecule has 6 rings (SSSR count). The van der Waals surface area contributed by atoms with Crippen molar-refractivity contribution in [3.63, 3.8) is 0 Å². The van der Waals surface area contributed by atoms with Gasteiger partial charge in [-0.2, -0.15) is 0 Å². The van der Waals surface area contributed by atoms with Crippen molar-refractivity contribution in [3.05, 3.63) is 48.2 Å². The first-order chi connectivity index (χ1) is 20.4. The number of aromatic nitrogens is 4. The minimum atomic E-state index is -0.653. The van der Waals surface area contributed by atoms with Gasteiger partial charge in [-0.05, 0) is 75.9 Å². The van der Waals surface area contributed by atoms with Crippen molar-refractivity contribution in [2.75, 3.05) is 20.1 Å². The maximum absolute atomic E-state index is 13.8. The van der Waals surface area contributed by atoms with Crippen molar-refractivity contribution in [2.45, 2.75) is 64.8 Å². The first-order valence-corrected chi connectivity index (χ1v) is 14.8. The van der Waals surface area contributed by atoms with Crippen molar-refractivity contribution in [3.8, 4) is 11.5 Å². The molecular weight excluding hydrogens is 546 g/mol. The quantitative estimate of drug-likeness (QED) is 0.363. The number of rotatable bonds is 6. The Hall–Kier alpha value is -4.41. The number of imidazole rings is 1. The van der Waals surface area contributed by atoms with Crippen LogP contribution in [0.2, 0.25) is 0 Å². The molecule has 2 fully saturated rings. The van der Waals surface area contributed by atoms with Crippen LogP contribution in [0.4, 0.5) is 4.79 Å². The molecule has 43 heavy (non-hydrogen) atoms. The van der Waals surface area contributed by atoms with E-state index in [2.05, 4.69) is 31.6 Å². The monoisotopic (exact) mass is 585 g/mol. The predicted octanol–water partition coefficient (Wildman–Crippen LogP) is 4.20. The van der Waals surface area contributed by atoms with E-state index >= 15 is 0 Å². The Bertz CT molecular complexity index is 1730. The first kappa shape index (κ1) is 28.7. The molecule has 0 bridgehead atoms. The molecule has 2 atom stereocenters. The zero-order valence-corrected chi connectivity index (χ0v) is 25.6. The third-order valence-electron chi connectivity index (χ3n) is 8.30. The van der Waals surface area contributed by atoms with Crippen LogP contribution in [0.5, 0.6) is 0 Å². The zero-order chi connectivity index (χ0) is 30.6. The number of carbonyl (C=O) groups excluding carboxylic acids is 3. The Balaban J connectivity index is 1.29. The third-order valence-corrected chi connectivity index (χ3v) is 8.30. The van der Waals surface area contributed by atoms with Gasteiger partial charge in [0.05, 0.1) is 28.8 Å². The second-order valence-corrected chi connectivity index (χ2v) is 12.9. The van der Waals surface area contributed by atoms with Crippen molar-refractivity contribution in [1.29, 1.82) is 0 Å². The summed E-state index contributed by atoms with van der Waals surface area (Å²) in [5, 5.41) is 3.99. The normalized spacial score (nSPS) is 18.8. The Morgan fingerprint density at radius 2 is 1.88 bits per heavy atom. The lowest BCUT2D eigenvalue weighted by Gasteiger charge is -2.29. The van der Waals surface area contributed by atoms with Crippen LogP contribution in [0.25, 0.3) is 33.6 Å². The van der Waals surface area contributed by atoms with Gasteiger partial charge in [-0.3, -0.25) is 9.59 Å². The number of nitrogens with one attached hydrogen (secondary N) is 1. The highest BCUT2D eigenvalue weighted by Crippen LogP contribution is 2.36. The second-order valence-electron chi connectivity index (χ2n) is 12.9. The van der Waals surface area contributed by atoms with E-state index in [4.69, 9.17) is 9.72 Å². The largest absolute Gasteiger partial charge is 0.444 e. The third kappa shape index (κ3) is 5.68. The Morgan fingerprint density at radius 1 is 1.12 bits per heavy atom. The highest BCUT2D eigenvalue weighted by Gasteiger charge is 2.41. The summed E-state index contributed by atoms with van der Waals surface area (Å²) < 4.78 is 9.89. The number of benzene rings is 1. The average molecular weight is 586 g/mol. The van der Waals surface area contributed by atoms with E-state index in [0.29, 0.717) is 17.0 Å². The molecule has 11 nitrogen and oxygen atoms in total. The lowest BCUT2D eigenvalue weighted by Crippen LogP contribution is -2.51. The van der Waals surface area contributed by atoms with E-state index in [9.17, 15) is 14.4 Å². The van der Waals surface area contributed by atoms with E-state index in [1.807, 2.05) is 58.3 Å². The van der Waals surface area contributed by atoms with Crippen LogP contribution in [0, 0.1) is 5.92 Å². The SMILES string of the molecule is CC(=O)N[C@H]1CN(C(=O)OC(C)(C)C)C[C@@H]1N(C)C(=O)c1ccc2c(c1)nc(-c1cc3cccnc3n1CC1CC1)n2C. The molecule has 1 aliphatic heterocycles. The molecule has 1 aliphatic carbocycles. The minimum Gasteiger partial charge on any atom is -0.444 e. The van der Waals surface area contributed by atoms with Gasteiger partial charge < -0.3 is 29.0 Å². The van der Waals surface area contributed by atoms with Gasteiger partial charge in [0.15, 0.2) is 5.82 Å². The molecule has 1 saturated carbocycles. The first-order valence-electron chi connectivity index (χ1n) is 14.8. The molecule has 2 aliphatic rings. The van der Waals surface area contributed by atoms with E-state index < -0.39 is 23.8 Å². The van der Waals surface area contributed by atoms with Crippen LogP contribution >= 0.6 is 0 Å². The summed E-state index contributed by atoms with van der Waals surface area (Å²) in [6.45, 7) is 8.26. The van der Waals surface area contributed by atoms with Crippen LogP contribution in [-0.2, 0) is 23.1 Å². The molecule has 0 radical (unpaired) electrons. The van der Waals surface area contributed by atoms with Crippen LogP contribution < -0.4 is 5.32 Å². The highest BCUT2D eigenvalue weighted by atomic mass is 16.6. The molecule has 0 unspecified atom stereocenters. The topological polar surface area (TPSA) is 115 Å². The standard InChI is InChI=1S/C32H39N7O4/c1-19(40)34-24-17-38(31(42)43-32(2,3)4)18-27(24)37(6)30(41)22-11-12-25-23(14-22)35-29(36(25)5)26-15-21-8-7-13-33-28(21)39(26)16-20-9-10-20/h7-8,11-15,20,24,27H,9-10,16-18H2,1-6H3,(H,34,40)/t24-,27-/m0/s1. The molecule has 226 valence electrons. The van der Waals surface area contributed by atoms with Crippen molar-refractivity contribution >= 4 is 40.0 Å². The molecule has 4 heterocycles. The summed E-state index contributed by atoms with van der Waals surface area (Å²) in [5.74, 6) is 1.04. The Labute approximate surface area is 250 Å². The van der Waals surface area contributed by atoms with Crippen LogP contribution in [0.15, 0.2) is 42.6 Å². The Morgan fingerprint density at radius 3 is 2.58 bits per heavy atom. The van der Waals surface area contributed by atoms with Gasteiger partial charge in [-0.1, -0.05) is 0 Å². The minimum absolute atomic E-state index is 0.215. The van der Waals surface area contributed by atoms with Gasteiger partial charge in [-0.15, -0.1) is 0 Å². The number of pyridine rings is 1. The molecule has 1 N–H and O–H groups in total. The van der Waals surface area contributed by atoms with E-state index in [1.165, 1.54) is 19.8 Å². The van der Waals surface area contributed by atoms with Gasteiger partial charge in [-0.25, -0.2) is 14.8 Å². The number of likely N-dealkylation sites (tertiary alicyclic amines) is 1. The second kappa shape index (κ2) is 10.7. The number of hydrogen-bond donors (Lipinski definition) is 1. The van der Waals surface area contributed by atoms with Crippen LogP contribution in [0.3, 0.4) is 0 Å². The summed E-state index contributed by atoms with van der Waals surface area (Å²) in [6, 6.07) is 10.9. The van der Waals surface area contributed by atoms with Gasteiger partial charge in [0.1, 0.15) is 11.2 Å². The van der Waals surface area contributed by atoms with Crippen LogP contribution in [-0.4, -0.2) is 84.6 Å². The van der Waals surface area contributed by atoms with Crippen molar-refractivity contribution in [2.24, 2.45) is 13.0 Å². The molecule has 3 amide bonds. The average Bonchev–Trinajstić information content (AvgIpc) is 3.42. The molecular formula is C32H39N7O4. The fourth-order valence-electron chi connectivity index (χ4n) is 5.99. The number of carbonyl (C=O) groups is 3. The van der Waals surface area contributed by atoms with E-state index in [0.717, 1.165) is 34.6 Å². The summed E-state index contributed by atoms with van der Waals surface area (Å²) in [5.41, 5.74) is 3.43. The lowest BCUT2D eigenvalue weighted by molar-refractivity contribution is -0.119. The maximum atomic E-state index is 13.8. The number of likely N-dealkylation sites (N-methyl/N-ethyl adjacent to an activating group) is 1. The molecule has 1 saturated heterocycles. The fraction of sp³-hybridized carbons (Fsp3) is 0.469. The van der Waals surface area contributed by atoms with Gasteiger partial charge in [0, 0.05) is 57.8 Å². The molecule has 11 heteroatoms. The number of hydrogen-bond acceptors (Lipinski definition) is 6. The number of ether oxygens (including phenoxy) is 1. The van der Waals surface area contributed by atoms with E-state index in [1.54, 1.807) is 16.8 Å². The fourth-order valence-corrected chi connectivity index (χ4v) is 5.99. The summed E-state index contributed by atoms with van der Waals surface area (Å²) >= 11 is 0. The van der Waals surface area contributed by atoms with Crippen molar-refractivity contribution < 1.29 is 19.1 Å².